The number of carbonyl (C=O) groups is 1. The third kappa shape index (κ3) is 3.83. The van der Waals surface area contributed by atoms with Gasteiger partial charge in [-0.1, -0.05) is 35.3 Å². The Hall–Kier alpha value is -1.75. The van der Waals surface area contributed by atoms with E-state index < -0.39 is 0 Å². The fourth-order valence-corrected chi connectivity index (χ4v) is 3.01. The van der Waals surface area contributed by atoms with Crippen molar-refractivity contribution in [2.75, 3.05) is 13.1 Å². The molecule has 24 heavy (non-hydrogen) atoms. The number of nitrogens with zero attached hydrogens (tertiary/aromatic N) is 1. The first kappa shape index (κ1) is 17.1. The van der Waals surface area contributed by atoms with Crippen LogP contribution in [0.1, 0.15) is 22.3 Å². The van der Waals surface area contributed by atoms with Gasteiger partial charge in [-0.05, 0) is 29.8 Å². The first-order chi connectivity index (χ1) is 11.6. The summed E-state index contributed by atoms with van der Waals surface area (Å²) < 4.78 is 5.91. The number of benzene rings is 2. The molecule has 1 unspecified atom stereocenters. The predicted molar refractivity (Wildman–Crippen MR) is 95.7 cm³/mol. The monoisotopic (exact) mass is 364 g/mol. The van der Waals surface area contributed by atoms with Crippen LogP contribution in [0.15, 0.2) is 42.5 Å². The number of amides is 1. The highest BCUT2D eigenvalue weighted by Crippen LogP contribution is 2.28. The quantitative estimate of drug-likeness (QED) is 0.898. The van der Waals surface area contributed by atoms with E-state index in [1.165, 1.54) is 0 Å². The number of likely N-dealkylation sites (tertiary alicyclic amines) is 1. The highest BCUT2D eigenvalue weighted by Gasteiger charge is 2.28. The maximum absolute atomic E-state index is 12.5. The molecule has 6 heteroatoms. The summed E-state index contributed by atoms with van der Waals surface area (Å²) in [5.41, 5.74) is 7.26. The Labute approximate surface area is 151 Å². The number of halogens is 2. The maximum atomic E-state index is 12.5. The minimum atomic E-state index is -0.0468. The van der Waals surface area contributed by atoms with Crippen LogP contribution in [0.5, 0.6) is 5.75 Å². The summed E-state index contributed by atoms with van der Waals surface area (Å²) in [5, 5.41) is 0.952. The average molecular weight is 365 g/mol. The largest absolute Gasteiger partial charge is 0.488 e. The number of hydrogen-bond donors (Lipinski definition) is 1. The Morgan fingerprint density at radius 1 is 1.17 bits per heavy atom. The summed E-state index contributed by atoms with van der Waals surface area (Å²) >= 11 is 11.9. The second-order valence-corrected chi connectivity index (χ2v) is 6.57. The van der Waals surface area contributed by atoms with Crippen LogP contribution >= 0.6 is 23.2 Å². The van der Waals surface area contributed by atoms with Gasteiger partial charge in [-0.15, -0.1) is 0 Å². The summed E-state index contributed by atoms with van der Waals surface area (Å²) in [6.07, 6.45) is 0.738. The molecule has 0 spiro atoms. The summed E-state index contributed by atoms with van der Waals surface area (Å²) in [6, 6.07) is 12.6. The van der Waals surface area contributed by atoms with Crippen LogP contribution in [0, 0.1) is 0 Å². The standard InChI is InChI=1S/C18H18Cl2N2O2/c19-16-6-5-14(9-17(16)20)24-15-7-8-22(11-15)18(23)13-3-1-12(10-21)2-4-13/h1-6,9,15H,7-8,10-11,21H2. The van der Waals surface area contributed by atoms with Gasteiger partial charge in [0.25, 0.3) is 5.91 Å². The smallest absolute Gasteiger partial charge is 0.253 e. The number of nitrogens with two attached hydrogens (primary N) is 1. The molecule has 0 saturated carbocycles. The van der Waals surface area contributed by atoms with Crippen LogP contribution in [0.2, 0.25) is 10.0 Å². The molecule has 1 saturated heterocycles. The molecule has 0 radical (unpaired) electrons. The molecule has 1 fully saturated rings. The molecule has 1 atom stereocenters. The Bertz CT molecular complexity index is 734. The molecule has 2 aromatic carbocycles. The van der Waals surface area contributed by atoms with E-state index in [-0.39, 0.29) is 12.0 Å². The fraction of sp³-hybridized carbons (Fsp3) is 0.278. The molecule has 2 N–H and O–H groups in total. The van der Waals surface area contributed by atoms with Gasteiger partial charge in [0.2, 0.25) is 0 Å². The highest BCUT2D eigenvalue weighted by atomic mass is 35.5. The van der Waals surface area contributed by atoms with Gasteiger partial charge < -0.3 is 15.4 Å². The van der Waals surface area contributed by atoms with Gasteiger partial charge in [-0.3, -0.25) is 4.79 Å². The van der Waals surface area contributed by atoms with Crippen molar-refractivity contribution in [2.24, 2.45) is 5.73 Å². The normalized spacial score (nSPS) is 17.1. The molecule has 1 aliphatic rings. The van der Waals surface area contributed by atoms with Crippen LogP contribution < -0.4 is 10.5 Å². The molecule has 3 rings (SSSR count). The molecule has 1 heterocycles. The lowest BCUT2D eigenvalue weighted by Crippen LogP contribution is -2.30. The van der Waals surface area contributed by atoms with Crippen molar-refractivity contribution in [3.8, 4) is 5.75 Å². The van der Waals surface area contributed by atoms with E-state index >= 15 is 0 Å². The van der Waals surface area contributed by atoms with Crippen molar-refractivity contribution in [1.29, 1.82) is 0 Å². The zero-order valence-electron chi connectivity index (χ0n) is 13.0. The topological polar surface area (TPSA) is 55.6 Å². The molecule has 2 aromatic rings. The molecule has 0 aliphatic carbocycles. The van der Waals surface area contributed by atoms with Crippen molar-refractivity contribution in [1.82, 2.24) is 4.90 Å². The molecule has 4 nitrogen and oxygen atoms in total. The van der Waals surface area contributed by atoms with Gasteiger partial charge in [0, 0.05) is 31.1 Å². The molecule has 0 aromatic heterocycles. The van der Waals surface area contributed by atoms with E-state index in [4.69, 9.17) is 33.7 Å². The molecule has 0 bridgehead atoms. The van der Waals surface area contributed by atoms with E-state index in [2.05, 4.69) is 0 Å². The minimum Gasteiger partial charge on any atom is -0.488 e. The van der Waals surface area contributed by atoms with Crippen molar-refractivity contribution in [3.63, 3.8) is 0 Å². The third-order valence-electron chi connectivity index (χ3n) is 4.06. The van der Waals surface area contributed by atoms with Crippen molar-refractivity contribution >= 4 is 29.1 Å². The molecular formula is C18H18Cl2N2O2. The minimum absolute atomic E-state index is 0.0128. The van der Waals surface area contributed by atoms with Gasteiger partial charge in [0.05, 0.1) is 16.6 Å². The maximum Gasteiger partial charge on any atom is 0.253 e. The number of carbonyl (C=O) groups excluding carboxylic acids is 1. The van der Waals surface area contributed by atoms with E-state index in [1.807, 2.05) is 24.3 Å². The summed E-state index contributed by atoms with van der Waals surface area (Å²) in [6.45, 7) is 1.69. The van der Waals surface area contributed by atoms with Crippen molar-refractivity contribution in [3.05, 3.63) is 63.6 Å². The number of ether oxygens (including phenoxy) is 1. The van der Waals surface area contributed by atoms with Gasteiger partial charge in [0.15, 0.2) is 0 Å². The SMILES string of the molecule is NCc1ccc(C(=O)N2CCC(Oc3ccc(Cl)c(Cl)c3)C2)cc1. The number of rotatable bonds is 4. The van der Waals surface area contributed by atoms with E-state index in [0.29, 0.717) is 41.0 Å². The fourth-order valence-electron chi connectivity index (χ4n) is 2.72. The third-order valence-corrected chi connectivity index (χ3v) is 4.80. The molecule has 1 aliphatic heterocycles. The summed E-state index contributed by atoms with van der Waals surface area (Å²) in [5.74, 6) is 0.676. The lowest BCUT2D eigenvalue weighted by Gasteiger charge is -2.17. The Morgan fingerprint density at radius 3 is 2.58 bits per heavy atom. The highest BCUT2D eigenvalue weighted by molar-refractivity contribution is 6.42. The van der Waals surface area contributed by atoms with Crippen molar-refractivity contribution < 1.29 is 9.53 Å². The second kappa shape index (κ2) is 7.43. The summed E-state index contributed by atoms with van der Waals surface area (Å²) in [4.78, 5) is 14.3. The van der Waals surface area contributed by atoms with E-state index in [1.54, 1.807) is 23.1 Å². The number of hydrogen-bond acceptors (Lipinski definition) is 3. The summed E-state index contributed by atoms with van der Waals surface area (Å²) in [7, 11) is 0. The van der Waals surface area contributed by atoms with E-state index in [9.17, 15) is 4.79 Å². The first-order valence-corrected chi connectivity index (χ1v) is 8.52. The second-order valence-electron chi connectivity index (χ2n) is 5.76. The van der Waals surface area contributed by atoms with Gasteiger partial charge >= 0.3 is 0 Å². The Morgan fingerprint density at radius 2 is 1.92 bits per heavy atom. The molecular weight excluding hydrogens is 347 g/mol. The lowest BCUT2D eigenvalue weighted by atomic mass is 10.1. The Balaban J connectivity index is 1.61. The lowest BCUT2D eigenvalue weighted by molar-refractivity contribution is 0.0772. The Kier molecular flexibility index (Phi) is 5.29. The van der Waals surface area contributed by atoms with E-state index in [0.717, 1.165) is 12.0 Å². The molecule has 1 amide bonds. The van der Waals surface area contributed by atoms with Crippen molar-refractivity contribution in [2.45, 2.75) is 19.1 Å². The predicted octanol–water partition coefficient (Wildman–Crippen LogP) is 3.75. The first-order valence-electron chi connectivity index (χ1n) is 7.77. The average Bonchev–Trinajstić information content (AvgIpc) is 3.06. The van der Waals surface area contributed by atoms with Gasteiger partial charge in [0.1, 0.15) is 11.9 Å². The van der Waals surface area contributed by atoms with Gasteiger partial charge in [-0.2, -0.15) is 0 Å². The van der Waals surface area contributed by atoms with Crippen LogP contribution in [-0.4, -0.2) is 30.0 Å². The van der Waals surface area contributed by atoms with Crippen LogP contribution in [0.25, 0.3) is 0 Å². The molecule has 126 valence electrons. The van der Waals surface area contributed by atoms with Crippen LogP contribution in [0.4, 0.5) is 0 Å². The van der Waals surface area contributed by atoms with Crippen LogP contribution in [-0.2, 0) is 6.54 Å². The zero-order valence-corrected chi connectivity index (χ0v) is 14.6. The zero-order chi connectivity index (χ0) is 17.1. The van der Waals surface area contributed by atoms with Crippen LogP contribution in [0.3, 0.4) is 0 Å². The van der Waals surface area contributed by atoms with Gasteiger partial charge in [-0.25, -0.2) is 0 Å².